The molecule has 0 aromatic carbocycles. The van der Waals surface area contributed by atoms with Crippen LogP contribution in [-0.4, -0.2) is 14.8 Å². The highest BCUT2D eigenvalue weighted by molar-refractivity contribution is 4.78. The quantitative estimate of drug-likeness (QED) is 0.532. The molecule has 0 N–H and O–H groups in total. The molecule has 3 heteroatoms. The maximum atomic E-state index is 3.88. The Morgan fingerprint density at radius 3 is 2.50 bits per heavy atom. The van der Waals surface area contributed by atoms with E-state index in [0.717, 1.165) is 6.04 Å². The lowest BCUT2D eigenvalue weighted by Crippen LogP contribution is -2.00. The molecule has 0 aliphatic heterocycles. The predicted octanol–water partition coefficient (Wildman–Crippen LogP) is 0.698. The Hall–Kier alpha value is -0.860. The fraction of sp³-hybridized carbons (Fsp3) is 0.400. The van der Waals surface area contributed by atoms with Crippen LogP contribution < -0.4 is 0 Å². The summed E-state index contributed by atoms with van der Waals surface area (Å²) in [6.45, 7) is 3.96. The van der Waals surface area contributed by atoms with Crippen LogP contribution >= 0.6 is 0 Å². The van der Waals surface area contributed by atoms with Gasteiger partial charge in [-0.15, -0.1) is 0 Å². The molecule has 0 spiro atoms. The highest BCUT2D eigenvalue weighted by atomic mass is 15.3. The van der Waals surface area contributed by atoms with Crippen LogP contribution in [0.3, 0.4) is 0 Å². The topological polar surface area (TPSA) is 30.7 Å². The lowest BCUT2D eigenvalue weighted by atomic mass is 10.4. The zero-order valence-corrected chi connectivity index (χ0v) is 5.00. The van der Waals surface area contributed by atoms with Crippen molar-refractivity contribution in [2.45, 2.75) is 13.8 Å². The standard InChI is InChI=1S/C5H8N3/c1-5(2)8-4-6-3-7-8/h3-4H,1-2H3. The molecule has 0 unspecified atom stereocenters. The summed E-state index contributed by atoms with van der Waals surface area (Å²) in [5.41, 5.74) is 0. The SMILES string of the molecule is C[C](C)n1cncn1. The smallest absolute Gasteiger partial charge is 0.137 e. The number of nitrogens with zero attached hydrogens (tertiary/aromatic N) is 3. The normalized spacial score (nSPS) is 10.4. The molecule has 0 saturated heterocycles. The number of hydrogen-bond acceptors (Lipinski definition) is 2. The van der Waals surface area contributed by atoms with Gasteiger partial charge in [0.15, 0.2) is 0 Å². The molecule has 1 aromatic rings. The third-order valence-corrected chi connectivity index (χ3v) is 0.877. The average molecular weight is 110 g/mol. The highest BCUT2D eigenvalue weighted by Crippen LogP contribution is 1.94. The van der Waals surface area contributed by atoms with E-state index in [1.54, 1.807) is 11.0 Å². The molecule has 0 bridgehead atoms. The molecule has 0 atom stereocenters. The molecular weight excluding hydrogens is 102 g/mol. The van der Waals surface area contributed by atoms with Gasteiger partial charge in [0.1, 0.15) is 12.7 Å². The second-order valence-corrected chi connectivity index (χ2v) is 1.79. The van der Waals surface area contributed by atoms with Gasteiger partial charge in [-0.05, 0) is 13.8 Å². The van der Waals surface area contributed by atoms with E-state index in [0.29, 0.717) is 0 Å². The Bertz CT molecular complexity index is 143. The second-order valence-electron chi connectivity index (χ2n) is 1.79. The molecule has 0 aliphatic rings. The molecule has 1 aromatic heterocycles. The zero-order chi connectivity index (χ0) is 5.98. The van der Waals surface area contributed by atoms with E-state index in [4.69, 9.17) is 0 Å². The minimum absolute atomic E-state index is 1.13. The fourth-order valence-electron chi connectivity index (χ4n) is 0.439. The van der Waals surface area contributed by atoms with Crippen LogP contribution in [0, 0.1) is 6.04 Å². The summed E-state index contributed by atoms with van der Waals surface area (Å²) < 4.78 is 1.72. The zero-order valence-electron chi connectivity index (χ0n) is 5.00. The van der Waals surface area contributed by atoms with Crippen molar-refractivity contribution >= 4 is 0 Å². The van der Waals surface area contributed by atoms with Crippen LogP contribution in [0.4, 0.5) is 0 Å². The first-order valence-electron chi connectivity index (χ1n) is 2.46. The Kier molecular flexibility index (Phi) is 1.28. The fourth-order valence-corrected chi connectivity index (χ4v) is 0.439. The minimum Gasteiger partial charge on any atom is -0.245 e. The van der Waals surface area contributed by atoms with Gasteiger partial charge in [0, 0.05) is 0 Å². The lowest BCUT2D eigenvalue weighted by Gasteiger charge is -1.98. The maximum absolute atomic E-state index is 3.88. The van der Waals surface area contributed by atoms with E-state index in [1.165, 1.54) is 6.33 Å². The predicted molar refractivity (Wildman–Crippen MR) is 30.0 cm³/mol. The van der Waals surface area contributed by atoms with Crippen LogP contribution in [0.1, 0.15) is 13.8 Å². The van der Waals surface area contributed by atoms with E-state index in [1.807, 2.05) is 13.8 Å². The van der Waals surface area contributed by atoms with Crippen molar-refractivity contribution in [3.05, 3.63) is 18.7 Å². The highest BCUT2D eigenvalue weighted by Gasteiger charge is 1.94. The second kappa shape index (κ2) is 1.94. The third-order valence-electron chi connectivity index (χ3n) is 0.877. The van der Waals surface area contributed by atoms with Gasteiger partial charge in [-0.3, -0.25) is 0 Å². The van der Waals surface area contributed by atoms with Crippen molar-refractivity contribution in [3.63, 3.8) is 0 Å². The van der Waals surface area contributed by atoms with Gasteiger partial charge in [-0.25, -0.2) is 9.67 Å². The van der Waals surface area contributed by atoms with Crippen LogP contribution in [0.5, 0.6) is 0 Å². The lowest BCUT2D eigenvalue weighted by molar-refractivity contribution is 0.706. The summed E-state index contributed by atoms with van der Waals surface area (Å²) in [5.74, 6) is 0. The van der Waals surface area contributed by atoms with Crippen molar-refractivity contribution in [2.24, 2.45) is 0 Å². The molecule has 43 valence electrons. The summed E-state index contributed by atoms with van der Waals surface area (Å²) in [6.07, 6.45) is 3.20. The van der Waals surface area contributed by atoms with Crippen molar-refractivity contribution in [1.82, 2.24) is 14.8 Å². The maximum Gasteiger partial charge on any atom is 0.137 e. The van der Waals surface area contributed by atoms with E-state index in [2.05, 4.69) is 10.1 Å². The summed E-state index contributed by atoms with van der Waals surface area (Å²) in [4.78, 5) is 3.77. The third kappa shape index (κ3) is 0.857. The molecule has 0 amide bonds. The van der Waals surface area contributed by atoms with Crippen molar-refractivity contribution in [1.29, 1.82) is 0 Å². The molecule has 0 aliphatic carbocycles. The number of hydrogen-bond donors (Lipinski definition) is 0. The Balaban J connectivity index is 2.77. The van der Waals surface area contributed by atoms with Crippen LogP contribution in [0.2, 0.25) is 0 Å². The molecule has 1 heterocycles. The Morgan fingerprint density at radius 2 is 2.25 bits per heavy atom. The molecular formula is C5H8N3. The van der Waals surface area contributed by atoms with Gasteiger partial charge in [0.2, 0.25) is 0 Å². The number of rotatable bonds is 1. The summed E-state index contributed by atoms with van der Waals surface area (Å²) in [6, 6.07) is 1.13. The molecule has 3 nitrogen and oxygen atoms in total. The molecule has 0 fully saturated rings. The van der Waals surface area contributed by atoms with E-state index < -0.39 is 0 Å². The van der Waals surface area contributed by atoms with Gasteiger partial charge in [0.05, 0.1) is 6.04 Å². The van der Waals surface area contributed by atoms with Gasteiger partial charge >= 0.3 is 0 Å². The summed E-state index contributed by atoms with van der Waals surface area (Å²) in [5, 5.41) is 3.88. The first-order valence-corrected chi connectivity index (χ1v) is 2.46. The molecule has 1 radical (unpaired) electrons. The average Bonchev–Trinajstić information content (AvgIpc) is 2.12. The minimum atomic E-state index is 1.13. The molecule has 0 saturated carbocycles. The van der Waals surface area contributed by atoms with Gasteiger partial charge < -0.3 is 0 Å². The largest absolute Gasteiger partial charge is 0.245 e. The van der Waals surface area contributed by atoms with E-state index >= 15 is 0 Å². The monoisotopic (exact) mass is 110 g/mol. The van der Waals surface area contributed by atoms with Gasteiger partial charge in [0.25, 0.3) is 0 Å². The molecule has 8 heavy (non-hydrogen) atoms. The summed E-state index contributed by atoms with van der Waals surface area (Å²) in [7, 11) is 0. The van der Waals surface area contributed by atoms with E-state index in [-0.39, 0.29) is 0 Å². The van der Waals surface area contributed by atoms with Crippen LogP contribution in [0.15, 0.2) is 12.7 Å². The van der Waals surface area contributed by atoms with Gasteiger partial charge in [-0.2, -0.15) is 5.10 Å². The number of aromatic nitrogens is 3. The van der Waals surface area contributed by atoms with Crippen LogP contribution in [0.25, 0.3) is 0 Å². The van der Waals surface area contributed by atoms with Gasteiger partial charge in [-0.1, -0.05) is 0 Å². The first kappa shape index (κ1) is 5.28. The Morgan fingerprint density at radius 1 is 1.50 bits per heavy atom. The summed E-state index contributed by atoms with van der Waals surface area (Å²) >= 11 is 0. The molecule has 1 rings (SSSR count). The van der Waals surface area contributed by atoms with Crippen molar-refractivity contribution < 1.29 is 0 Å². The Labute approximate surface area is 48.4 Å². The van der Waals surface area contributed by atoms with E-state index in [9.17, 15) is 0 Å². The van der Waals surface area contributed by atoms with Crippen LogP contribution in [-0.2, 0) is 0 Å². The van der Waals surface area contributed by atoms with Crippen molar-refractivity contribution in [2.75, 3.05) is 0 Å². The first-order chi connectivity index (χ1) is 3.80. The van der Waals surface area contributed by atoms with Crippen molar-refractivity contribution in [3.8, 4) is 0 Å².